The summed E-state index contributed by atoms with van der Waals surface area (Å²) in [5, 5.41) is 0. The fraction of sp³-hybridized carbons (Fsp3) is 0.350. The lowest BCUT2D eigenvalue weighted by Crippen LogP contribution is -2.22. The van der Waals surface area contributed by atoms with E-state index in [9.17, 15) is 4.79 Å². The molecule has 0 unspecified atom stereocenters. The second kappa shape index (κ2) is 8.89. The monoisotopic (exact) mass is 402 g/mol. The molecule has 0 saturated carbocycles. The standard InChI is InChI=1S/C20H22N2O7/c1-20(27-8-9-28-20)13-6-5-7-14(10-13)29-18-16(17(25-3)21-12-22-18)15(11-24-2)19(23)26-4/h5-7,10-12H,8-9H2,1-4H3. The summed E-state index contributed by atoms with van der Waals surface area (Å²) in [6, 6.07) is 7.22. The van der Waals surface area contributed by atoms with Crippen molar-refractivity contribution in [2.75, 3.05) is 34.5 Å². The van der Waals surface area contributed by atoms with Crippen molar-refractivity contribution in [2.45, 2.75) is 12.7 Å². The lowest BCUT2D eigenvalue weighted by atomic mass is 10.1. The van der Waals surface area contributed by atoms with Crippen molar-refractivity contribution in [1.82, 2.24) is 9.97 Å². The first-order chi connectivity index (χ1) is 14.0. The van der Waals surface area contributed by atoms with E-state index in [2.05, 4.69) is 9.97 Å². The van der Waals surface area contributed by atoms with Gasteiger partial charge in [0, 0.05) is 5.56 Å². The van der Waals surface area contributed by atoms with Gasteiger partial charge in [-0.1, -0.05) is 12.1 Å². The number of carbonyl (C=O) groups excluding carboxylic acids is 1. The predicted octanol–water partition coefficient (Wildman–Crippen LogP) is 2.66. The normalized spacial score (nSPS) is 15.7. The summed E-state index contributed by atoms with van der Waals surface area (Å²) in [6.07, 6.45) is 2.49. The Kier molecular flexibility index (Phi) is 6.30. The van der Waals surface area contributed by atoms with Gasteiger partial charge in [0.25, 0.3) is 0 Å². The van der Waals surface area contributed by atoms with Crippen LogP contribution in [0, 0.1) is 0 Å². The second-order valence-corrected chi connectivity index (χ2v) is 6.09. The van der Waals surface area contributed by atoms with Crippen molar-refractivity contribution in [1.29, 1.82) is 0 Å². The largest absolute Gasteiger partial charge is 0.503 e. The molecule has 0 bridgehead atoms. The van der Waals surface area contributed by atoms with Crippen LogP contribution >= 0.6 is 0 Å². The van der Waals surface area contributed by atoms with Crippen molar-refractivity contribution in [3.05, 3.63) is 48.0 Å². The fourth-order valence-corrected chi connectivity index (χ4v) is 2.89. The van der Waals surface area contributed by atoms with Crippen LogP contribution in [0.2, 0.25) is 0 Å². The molecular formula is C20H22N2O7. The molecule has 2 heterocycles. The quantitative estimate of drug-likeness (QED) is 0.393. The number of hydrogen-bond acceptors (Lipinski definition) is 9. The maximum absolute atomic E-state index is 12.3. The smallest absolute Gasteiger partial charge is 0.342 e. The van der Waals surface area contributed by atoms with Crippen molar-refractivity contribution in [2.24, 2.45) is 0 Å². The van der Waals surface area contributed by atoms with E-state index >= 15 is 0 Å². The van der Waals surface area contributed by atoms with Gasteiger partial charge in [-0.25, -0.2) is 14.8 Å². The molecule has 0 atom stereocenters. The highest BCUT2D eigenvalue weighted by atomic mass is 16.7. The molecule has 9 nitrogen and oxygen atoms in total. The van der Waals surface area contributed by atoms with Gasteiger partial charge in [-0.05, 0) is 19.1 Å². The van der Waals surface area contributed by atoms with Gasteiger partial charge >= 0.3 is 5.97 Å². The van der Waals surface area contributed by atoms with Crippen molar-refractivity contribution < 1.29 is 33.2 Å². The first kappa shape index (κ1) is 20.6. The second-order valence-electron chi connectivity index (χ2n) is 6.09. The molecule has 29 heavy (non-hydrogen) atoms. The number of nitrogens with zero attached hydrogens (tertiary/aromatic N) is 2. The summed E-state index contributed by atoms with van der Waals surface area (Å²) in [5.74, 6) is -0.806. The molecule has 1 aromatic carbocycles. The van der Waals surface area contributed by atoms with E-state index in [1.54, 1.807) is 12.1 Å². The summed E-state index contributed by atoms with van der Waals surface area (Å²) >= 11 is 0. The molecule has 1 fully saturated rings. The zero-order chi connectivity index (χ0) is 20.9. The van der Waals surface area contributed by atoms with Crippen LogP contribution in [-0.2, 0) is 29.5 Å². The minimum absolute atomic E-state index is 0.0491. The molecule has 3 rings (SSSR count). The van der Waals surface area contributed by atoms with Gasteiger partial charge in [-0.3, -0.25) is 0 Å². The number of rotatable bonds is 7. The number of hydrogen-bond donors (Lipinski definition) is 0. The molecule has 1 saturated heterocycles. The highest BCUT2D eigenvalue weighted by Gasteiger charge is 2.33. The van der Waals surface area contributed by atoms with Crippen LogP contribution in [0.1, 0.15) is 18.1 Å². The Morgan fingerprint density at radius 1 is 1.14 bits per heavy atom. The molecule has 154 valence electrons. The van der Waals surface area contributed by atoms with Gasteiger partial charge in [0.1, 0.15) is 23.2 Å². The third-order valence-corrected chi connectivity index (χ3v) is 4.29. The van der Waals surface area contributed by atoms with Crippen LogP contribution in [-0.4, -0.2) is 50.5 Å². The van der Waals surface area contributed by atoms with E-state index in [0.717, 1.165) is 5.56 Å². The van der Waals surface area contributed by atoms with E-state index in [1.165, 1.54) is 33.9 Å². The predicted molar refractivity (Wildman–Crippen MR) is 101 cm³/mol. The van der Waals surface area contributed by atoms with E-state index < -0.39 is 11.8 Å². The fourth-order valence-electron chi connectivity index (χ4n) is 2.89. The first-order valence-electron chi connectivity index (χ1n) is 8.79. The Morgan fingerprint density at radius 2 is 1.86 bits per heavy atom. The van der Waals surface area contributed by atoms with Crippen LogP contribution in [0.3, 0.4) is 0 Å². The molecule has 0 radical (unpaired) electrons. The molecule has 1 aliphatic heterocycles. The Labute approximate surface area is 168 Å². The van der Waals surface area contributed by atoms with Crippen molar-refractivity contribution in [3.63, 3.8) is 0 Å². The Balaban J connectivity index is 2.02. The third kappa shape index (κ3) is 4.30. The SMILES string of the molecule is COC=C(C(=O)OC)c1c(OC)ncnc1Oc1cccc(C2(C)OCCO2)c1. The molecule has 0 spiro atoms. The lowest BCUT2D eigenvalue weighted by Gasteiger charge is -2.23. The average molecular weight is 402 g/mol. The highest BCUT2D eigenvalue weighted by molar-refractivity contribution is 6.17. The highest BCUT2D eigenvalue weighted by Crippen LogP contribution is 2.37. The minimum atomic E-state index is -0.849. The zero-order valence-corrected chi connectivity index (χ0v) is 16.6. The van der Waals surface area contributed by atoms with Gasteiger partial charge < -0.3 is 28.4 Å². The average Bonchev–Trinajstić information content (AvgIpc) is 3.19. The maximum Gasteiger partial charge on any atom is 0.342 e. The van der Waals surface area contributed by atoms with Crippen LogP contribution < -0.4 is 9.47 Å². The molecule has 0 amide bonds. The number of carbonyl (C=O) groups is 1. The Hall–Kier alpha value is -3.17. The molecule has 0 N–H and O–H groups in total. The van der Waals surface area contributed by atoms with Gasteiger partial charge in [0.05, 0.1) is 40.8 Å². The first-order valence-corrected chi connectivity index (χ1v) is 8.79. The van der Waals surface area contributed by atoms with Gasteiger partial charge in [0.2, 0.25) is 11.8 Å². The number of aromatic nitrogens is 2. The topological polar surface area (TPSA) is 98.2 Å². The number of methoxy groups -OCH3 is 3. The number of benzene rings is 1. The summed E-state index contributed by atoms with van der Waals surface area (Å²) in [4.78, 5) is 20.5. The third-order valence-electron chi connectivity index (χ3n) is 4.29. The summed E-state index contributed by atoms with van der Waals surface area (Å²) in [6.45, 7) is 2.87. The molecule has 9 heteroatoms. The van der Waals surface area contributed by atoms with Crippen LogP contribution in [0.25, 0.3) is 5.57 Å². The van der Waals surface area contributed by atoms with Crippen LogP contribution in [0.4, 0.5) is 0 Å². The molecular weight excluding hydrogens is 380 g/mol. The summed E-state index contributed by atoms with van der Waals surface area (Å²) in [7, 11) is 4.09. The van der Waals surface area contributed by atoms with Crippen LogP contribution in [0.5, 0.6) is 17.5 Å². The minimum Gasteiger partial charge on any atom is -0.503 e. The van der Waals surface area contributed by atoms with Crippen molar-refractivity contribution >= 4 is 11.5 Å². The maximum atomic E-state index is 12.3. The van der Waals surface area contributed by atoms with Gasteiger partial charge in [-0.2, -0.15) is 0 Å². The van der Waals surface area contributed by atoms with Gasteiger partial charge in [-0.15, -0.1) is 0 Å². The number of esters is 1. The zero-order valence-electron chi connectivity index (χ0n) is 16.6. The Bertz CT molecular complexity index is 907. The van der Waals surface area contributed by atoms with E-state index in [0.29, 0.717) is 19.0 Å². The van der Waals surface area contributed by atoms with Crippen molar-refractivity contribution in [3.8, 4) is 17.5 Å². The van der Waals surface area contributed by atoms with E-state index in [-0.39, 0.29) is 22.9 Å². The van der Waals surface area contributed by atoms with Crippen LogP contribution in [0.15, 0.2) is 36.9 Å². The molecule has 0 aliphatic carbocycles. The molecule has 2 aromatic rings. The van der Waals surface area contributed by atoms with E-state index in [4.69, 9.17) is 28.4 Å². The summed E-state index contributed by atoms with van der Waals surface area (Å²) < 4.78 is 32.5. The lowest BCUT2D eigenvalue weighted by molar-refractivity contribution is -0.149. The molecule has 1 aliphatic rings. The Morgan fingerprint density at radius 3 is 2.52 bits per heavy atom. The number of ether oxygens (including phenoxy) is 6. The van der Waals surface area contributed by atoms with E-state index in [1.807, 2.05) is 19.1 Å². The summed E-state index contributed by atoms with van der Waals surface area (Å²) in [5.41, 5.74) is 1.04. The molecule has 1 aromatic heterocycles. The van der Waals surface area contributed by atoms with Gasteiger partial charge in [0.15, 0.2) is 5.79 Å².